The summed E-state index contributed by atoms with van der Waals surface area (Å²) < 4.78 is 2.22. The van der Waals surface area contributed by atoms with Gasteiger partial charge in [-0.15, -0.1) is 0 Å². The van der Waals surface area contributed by atoms with Gasteiger partial charge in [0.2, 0.25) is 5.91 Å². The van der Waals surface area contributed by atoms with Gasteiger partial charge in [-0.25, -0.2) is 14.6 Å². The first-order valence-electron chi connectivity index (χ1n) is 6.57. The number of rotatable bonds is 4. The summed E-state index contributed by atoms with van der Waals surface area (Å²) in [5.41, 5.74) is 1.55. The molecule has 110 valence electrons. The van der Waals surface area contributed by atoms with Gasteiger partial charge in [-0.2, -0.15) is 5.10 Å². The summed E-state index contributed by atoms with van der Waals surface area (Å²) in [6.45, 7) is 0.0932. The largest absolute Gasteiger partial charge is 0.323 e. The van der Waals surface area contributed by atoms with Crippen molar-refractivity contribution in [3.05, 3.63) is 59.6 Å². The molecule has 0 spiro atoms. The number of aromatic nitrogens is 4. The van der Waals surface area contributed by atoms with E-state index in [0.717, 1.165) is 5.56 Å². The van der Waals surface area contributed by atoms with Crippen molar-refractivity contribution < 1.29 is 4.79 Å². The maximum atomic E-state index is 12.0. The Kier molecular flexibility index (Phi) is 4.24. The Bertz CT molecular complexity index is 770. The van der Waals surface area contributed by atoms with E-state index in [9.17, 15) is 4.79 Å². The Morgan fingerprint density at radius 3 is 2.68 bits per heavy atom. The molecule has 0 fully saturated rings. The maximum absolute atomic E-state index is 12.0. The highest BCUT2D eigenvalue weighted by atomic mass is 79.9. The lowest BCUT2D eigenvalue weighted by atomic mass is 10.2. The van der Waals surface area contributed by atoms with E-state index in [0.29, 0.717) is 16.1 Å². The second kappa shape index (κ2) is 6.48. The Hall–Kier alpha value is -2.54. The lowest BCUT2D eigenvalue weighted by molar-refractivity contribution is -0.116. The Morgan fingerprint density at radius 2 is 1.95 bits per heavy atom. The van der Waals surface area contributed by atoms with E-state index >= 15 is 0 Å². The quantitative estimate of drug-likeness (QED) is 0.728. The molecule has 1 aromatic carbocycles. The summed E-state index contributed by atoms with van der Waals surface area (Å²) in [4.78, 5) is 20.2. The van der Waals surface area contributed by atoms with Gasteiger partial charge in [0.1, 0.15) is 17.5 Å². The average molecular weight is 358 g/mol. The zero-order chi connectivity index (χ0) is 15.4. The summed E-state index contributed by atoms with van der Waals surface area (Å²) in [6.07, 6.45) is 3.13. The van der Waals surface area contributed by atoms with Gasteiger partial charge in [0, 0.05) is 5.56 Å². The number of hydrogen-bond donors (Lipinski definition) is 1. The van der Waals surface area contributed by atoms with Crippen LogP contribution in [0.15, 0.2) is 59.6 Å². The van der Waals surface area contributed by atoms with Crippen molar-refractivity contribution in [3.63, 3.8) is 0 Å². The number of carbonyl (C=O) groups excluding carboxylic acids is 1. The standard InChI is InChI=1S/C15H12BrN5O/c16-13-7-6-12(8-17-13)19-14(22)9-21-10-18-15(20-21)11-4-2-1-3-5-11/h1-8,10H,9H2,(H,19,22). The molecule has 0 atom stereocenters. The second-order valence-electron chi connectivity index (χ2n) is 4.55. The minimum absolute atomic E-state index is 0.0932. The third-order valence-electron chi connectivity index (χ3n) is 2.89. The predicted octanol–water partition coefficient (Wildman–Crippen LogP) is 2.74. The summed E-state index contributed by atoms with van der Waals surface area (Å²) in [6, 6.07) is 13.2. The van der Waals surface area contributed by atoms with Crippen LogP contribution in [0.4, 0.5) is 5.69 Å². The van der Waals surface area contributed by atoms with Crippen LogP contribution in [0.1, 0.15) is 0 Å². The van der Waals surface area contributed by atoms with E-state index < -0.39 is 0 Å². The average Bonchev–Trinajstić information content (AvgIpc) is 2.99. The first kappa shape index (κ1) is 14.4. The van der Waals surface area contributed by atoms with Gasteiger partial charge in [0.25, 0.3) is 0 Å². The lowest BCUT2D eigenvalue weighted by Crippen LogP contribution is -2.19. The van der Waals surface area contributed by atoms with Crippen LogP contribution in [-0.2, 0) is 11.3 Å². The number of nitrogens with zero attached hydrogens (tertiary/aromatic N) is 4. The fourth-order valence-electron chi connectivity index (χ4n) is 1.89. The zero-order valence-electron chi connectivity index (χ0n) is 11.5. The van der Waals surface area contributed by atoms with E-state index in [2.05, 4.69) is 36.3 Å². The third-order valence-corrected chi connectivity index (χ3v) is 3.35. The monoisotopic (exact) mass is 357 g/mol. The fourth-order valence-corrected chi connectivity index (χ4v) is 2.12. The summed E-state index contributed by atoms with van der Waals surface area (Å²) in [7, 11) is 0. The molecule has 7 heteroatoms. The van der Waals surface area contributed by atoms with Crippen molar-refractivity contribution in [1.29, 1.82) is 0 Å². The smallest absolute Gasteiger partial charge is 0.246 e. The Balaban J connectivity index is 1.65. The van der Waals surface area contributed by atoms with Crippen molar-refractivity contribution in [2.75, 3.05) is 5.32 Å². The zero-order valence-corrected chi connectivity index (χ0v) is 13.1. The van der Waals surface area contributed by atoms with Crippen molar-refractivity contribution >= 4 is 27.5 Å². The molecule has 6 nitrogen and oxygen atoms in total. The number of pyridine rings is 1. The molecule has 0 aliphatic heterocycles. The van der Waals surface area contributed by atoms with Gasteiger partial charge < -0.3 is 5.32 Å². The van der Waals surface area contributed by atoms with Gasteiger partial charge >= 0.3 is 0 Å². The number of anilines is 1. The lowest BCUT2D eigenvalue weighted by Gasteiger charge is -2.04. The Morgan fingerprint density at radius 1 is 1.14 bits per heavy atom. The highest BCUT2D eigenvalue weighted by molar-refractivity contribution is 9.10. The topological polar surface area (TPSA) is 72.7 Å². The van der Waals surface area contributed by atoms with Crippen LogP contribution in [0, 0.1) is 0 Å². The number of carbonyl (C=O) groups is 1. The molecule has 0 aliphatic rings. The number of nitrogens with one attached hydrogen (secondary N) is 1. The summed E-state index contributed by atoms with van der Waals surface area (Å²) in [5.74, 6) is 0.410. The van der Waals surface area contributed by atoms with Gasteiger partial charge in [-0.1, -0.05) is 30.3 Å². The molecule has 2 aromatic heterocycles. The van der Waals surface area contributed by atoms with Crippen LogP contribution in [-0.4, -0.2) is 25.7 Å². The maximum Gasteiger partial charge on any atom is 0.246 e. The highest BCUT2D eigenvalue weighted by Gasteiger charge is 2.08. The van der Waals surface area contributed by atoms with Gasteiger partial charge in [-0.05, 0) is 28.1 Å². The molecular formula is C15H12BrN5O. The van der Waals surface area contributed by atoms with Crippen LogP contribution >= 0.6 is 15.9 Å². The minimum atomic E-state index is -0.186. The minimum Gasteiger partial charge on any atom is -0.323 e. The van der Waals surface area contributed by atoms with Crippen LogP contribution < -0.4 is 5.32 Å². The summed E-state index contributed by atoms with van der Waals surface area (Å²) in [5, 5.41) is 7.05. The van der Waals surface area contributed by atoms with Crippen molar-refractivity contribution in [3.8, 4) is 11.4 Å². The molecule has 0 unspecified atom stereocenters. The molecule has 3 rings (SSSR count). The van der Waals surface area contributed by atoms with Gasteiger partial charge in [0.05, 0.1) is 11.9 Å². The van der Waals surface area contributed by atoms with Crippen LogP contribution in [0.2, 0.25) is 0 Å². The van der Waals surface area contributed by atoms with Crippen LogP contribution in [0.25, 0.3) is 11.4 Å². The molecule has 22 heavy (non-hydrogen) atoms. The molecule has 0 aliphatic carbocycles. The molecule has 0 bridgehead atoms. The predicted molar refractivity (Wildman–Crippen MR) is 86.0 cm³/mol. The van der Waals surface area contributed by atoms with Crippen LogP contribution in [0.5, 0.6) is 0 Å². The molecule has 1 amide bonds. The van der Waals surface area contributed by atoms with Crippen molar-refractivity contribution in [2.45, 2.75) is 6.54 Å². The molecule has 3 aromatic rings. The molecule has 1 N–H and O–H groups in total. The van der Waals surface area contributed by atoms with E-state index in [4.69, 9.17) is 0 Å². The molecule has 0 radical (unpaired) electrons. The van der Waals surface area contributed by atoms with Crippen molar-refractivity contribution in [2.24, 2.45) is 0 Å². The molecule has 0 saturated carbocycles. The molecule has 0 saturated heterocycles. The SMILES string of the molecule is O=C(Cn1cnc(-c2ccccc2)n1)Nc1ccc(Br)nc1. The van der Waals surface area contributed by atoms with E-state index in [1.807, 2.05) is 30.3 Å². The number of halogens is 1. The van der Waals surface area contributed by atoms with Gasteiger partial charge in [-0.3, -0.25) is 4.79 Å². The summed E-state index contributed by atoms with van der Waals surface area (Å²) >= 11 is 3.24. The molecule has 2 heterocycles. The second-order valence-corrected chi connectivity index (χ2v) is 5.36. The first-order valence-corrected chi connectivity index (χ1v) is 7.36. The normalized spacial score (nSPS) is 10.4. The number of hydrogen-bond acceptors (Lipinski definition) is 4. The highest BCUT2D eigenvalue weighted by Crippen LogP contribution is 2.13. The number of amides is 1. The van der Waals surface area contributed by atoms with E-state index in [-0.39, 0.29) is 12.5 Å². The van der Waals surface area contributed by atoms with E-state index in [1.54, 1.807) is 24.7 Å². The first-order chi connectivity index (χ1) is 10.7. The van der Waals surface area contributed by atoms with E-state index in [1.165, 1.54) is 4.68 Å². The van der Waals surface area contributed by atoms with Crippen LogP contribution in [0.3, 0.4) is 0 Å². The Labute approximate surface area is 135 Å². The molecular weight excluding hydrogens is 346 g/mol. The fraction of sp³-hybridized carbons (Fsp3) is 0.0667. The third kappa shape index (κ3) is 3.56. The van der Waals surface area contributed by atoms with Gasteiger partial charge in [0.15, 0.2) is 5.82 Å². The number of benzene rings is 1. The van der Waals surface area contributed by atoms with Crippen molar-refractivity contribution in [1.82, 2.24) is 19.7 Å².